The lowest BCUT2D eigenvalue weighted by Crippen LogP contribution is -2.43. The summed E-state index contributed by atoms with van der Waals surface area (Å²) in [4.78, 5) is 2.23. The van der Waals surface area contributed by atoms with Crippen LogP contribution in [0.25, 0.3) is 0 Å². The molecule has 1 atom stereocenters. The van der Waals surface area contributed by atoms with Gasteiger partial charge < -0.3 is 15.3 Å². The van der Waals surface area contributed by atoms with E-state index in [9.17, 15) is 5.11 Å². The van der Waals surface area contributed by atoms with Gasteiger partial charge in [0.2, 0.25) is 0 Å². The average Bonchev–Trinajstić information content (AvgIpc) is 2.81. The van der Waals surface area contributed by atoms with Gasteiger partial charge in [0.15, 0.2) is 0 Å². The van der Waals surface area contributed by atoms with Gasteiger partial charge in [-0.05, 0) is 12.1 Å². The number of hydrogen-bond acceptors (Lipinski definition) is 4. The molecular weight excluding hydrogens is 206 g/mol. The molecule has 1 aromatic heterocycles. The molecule has 1 aliphatic heterocycles. The SMILES string of the molecule is OC(CNn1cccc1)CN1CCOCC1. The molecule has 0 radical (unpaired) electrons. The van der Waals surface area contributed by atoms with Crippen LogP contribution in [0.3, 0.4) is 0 Å². The van der Waals surface area contributed by atoms with Crippen LogP contribution in [0.2, 0.25) is 0 Å². The van der Waals surface area contributed by atoms with Crippen LogP contribution in [0.4, 0.5) is 0 Å². The fourth-order valence-corrected chi connectivity index (χ4v) is 1.80. The number of rotatable bonds is 5. The van der Waals surface area contributed by atoms with E-state index in [1.807, 2.05) is 29.2 Å². The lowest BCUT2D eigenvalue weighted by molar-refractivity contribution is 0.0167. The average molecular weight is 225 g/mol. The molecule has 1 aromatic rings. The van der Waals surface area contributed by atoms with Gasteiger partial charge in [0.25, 0.3) is 0 Å². The molecule has 0 spiro atoms. The van der Waals surface area contributed by atoms with Crippen LogP contribution in [0, 0.1) is 0 Å². The Morgan fingerprint density at radius 3 is 2.62 bits per heavy atom. The summed E-state index contributed by atoms with van der Waals surface area (Å²) < 4.78 is 7.11. The summed E-state index contributed by atoms with van der Waals surface area (Å²) in [7, 11) is 0. The van der Waals surface area contributed by atoms with Gasteiger partial charge in [-0.2, -0.15) is 0 Å². The molecule has 1 saturated heterocycles. The first-order chi connectivity index (χ1) is 7.84. The van der Waals surface area contributed by atoms with Crippen LogP contribution < -0.4 is 5.43 Å². The zero-order chi connectivity index (χ0) is 11.2. The molecule has 5 heteroatoms. The first-order valence-electron chi connectivity index (χ1n) is 5.69. The van der Waals surface area contributed by atoms with Crippen molar-refractivity contribution >= 4 is 0 Å². The van der Waals surface area contributed by atoms with Gasteiger partial charge in [0.1, 0.15) is 0 Å². The number of nitrogens with one attached hydrogen (secondary N) is 1. The van der Waals surface area contributed by atoms with Crippen LogP contribution in [-0.2, 0) is 4.74 Å². The van der Waals surface area contributed by atoms with E-state index in [0.29, 0.717) is 13.1 Å². The van der Waals surface area contributed by atoms with E-state index in [2.05, 4.69) is 10.3 Å². The van der Waals surface area contributed by atoms with E-state index in [1.165, 1.54) is 0 Å². The Morgan fingerprint density at radius 2 is 1.94 bits per heavy atom. The van der Waals surface area contributed by atoms with Gasteiger partial charge in [0, 0.05) is 32.0 Å². The van der Waals surface area contributed by atoms with Crippen molar-refractivity contribution in [1.29, 1.82) is 0 Å². The molecule has 2 rings (SSSR count). The summed E-state index contributed by atoms with van der Waals surface area (Å²) in [6.07, 6.45) is 3.49. The fraction of sp³-hybridized carbons (Fsp3) is 0.636. The Balaban J connectivity index is 1.65. The first kappa shape index (κ1) is 11.4. The molecule has 16 heavy (non-hydrogen) atoms. The van der Waals surface area contributed by atoms with Gasteiger partial charge in [-0.15, -0.1) is 0 Å². The van der Waals surface area contributed by atoms with Crippen molar-refractivity contribution in [1.82, 2.24) is 9.58 Å². The predicted molar refractivity (Wildman–Crippen MR) is 61.9 cm³/mol. The molecule has 0 aliphatic carbocycles. The quantitative estimate of drug-likeness (QED) is 0.724. The van der Waals surface area contributed by atoms with Crippen LogP contribution in [-0.4, -0.2) is 60.2 Å². The third kappa shape index (κ3) is 3.52. The van der Waals surface area contributed by atoms with Crippen LogP contribution in [0.5, 0.6) is 0 Å². The summed E-state index contributed by atoms with van der Waals surface area (Å²) in [6, 6.07) is 3.89. The van der Waals surface area contributed by atoms with Crippen molar-refractivity contribution in [3.63, 3.8) is 0 Å². The van der Waals surface area contributed by atoms with Crippen molar-refractivity contribution in [3.8, 4) is 0 Å². The molecular formula is C11H19N3O2. The Kier molecular flexibility index (Phi) is 4.21. The number of aliphatic hydroxyl groups is 1. The van der Waals surface area contributed by atoms with E-state index in [0.717, 1.165) is 26.3 Å². The van der Waals surface area contributed by atoms with Crippen molar-refractivity contribution in [2.75, 3.05) is 44.8 Å². The van der Waals surface area contributed by atoms with Gasteiger partial charge in [-0.25, -0.2) is 0 Å². The minimum absolute atomic E-state index is 0.347. The molecule has 2 heterocycles. The Labute approximate surface area is 95.6 Å². The monoisotopic (exact) mass is 225 g/mol. The van der Waals surface area contributed by atoms with Gasteiger partial charge in [0.05, 0.1) is 25.9 Å². The number of hydrogen-bond donors (Lipinski definition) is 2. The zero-order valence-electron chi connectivity index (χ0n) is 9.38. The Morgan fingerprint density at radius 1 is 1.25 bits per heavy atom. The highest BCUT2D eigenvalue weighted by molar-refractivity contribution is 4.93. The van der Waals surface area contributed by atoms with E-state index in [1.54, 1.807) is 0 Å². The van der Waals surface area contributed by atoms with Gasteiger partial charge >= 0.3 is 0 Å². The number of morpholine rings is 1. The van der Waals surface area contributed by atoms with Gasteiger partial charge in [-0.1, -0.05) is 0 Å². The molecule has 2 N–H and O–H groups in total. The fourth-order valence-electron chi connectivity index (χ4n) is 1.80. The summed E-state index contributed by atoms with van der Waals surface area (Å²) in [6.45, 7) is 4.65. The lowest BCUT2D eigenvalue weighted by atomic mass is 10.3. The maximum Gasteiger partial charge on any atom is 0.0855 e. The molecule has 1 fully saturated rings. The van der Waals surface area contributed by atoms with E-state index in [4.69, 9.17) is 4.74 Å². The third-order valence-corrected chi connectivity index (χ3v) is 2.69. The largest absolute Gasteiger partial charge is 0.390 e. The topological polar surface area (TPSA) is 49.7 Å². The maximum atomic E-state index is 9.84. The Bertz CT molecular complexity index is 283. The molecule has 0 saturated carbocycles. The number of ether oxygens (including phenoxy) is 1. The highest BCUT2D eigenvalue weighted by Crippen LogP contribution is 1.98. The van der Waals surface area contributed by atoms with Crippen molar-refractivity contribution in [2.24, 2.45) is 0 Å². The van der Waals surface area contributed by atoms with Gasteiger partial charge in [-0.3, -0.25) is 9.58 Å². The van der Waals surface area contributed by atoms with Crippen LogP contribution >= 0.6 is 0 Å². The summed E-state index contributed by atoms with van der Waals surface area (Å²) in [5.74, 6) is 0. The van der Waals surface area contributed by atoms with E-state index >= 15 is 0 Å². The minimum atomic E-state index is -0.347. The van der Waals surface area contributed by atoms with Crippen molar-refractivity contribution in [2.45, 2.75) is 6.10 Å². The van der Waals surface area contributed by atoms with Crippen molar-refractivity contribution in [3.05, 3.63) is 24.5 Å². The van der Waals surface area contributed by atoms with Crippen molar-refractivity contribution < 1.29 is 9.84 Å². The number of nitrogens with zero attached hydrogens (tertiary/aromatic N) is 2. The molecule has 5 nitrogen and oxygen atoms in total. The number of aliphatic hydroxyl groups excluding tert-OH is 1. The molecule has 0 bridgehead atoms. The Hall–Kier alpha value is -1.04. The predicted octanol–water partition coefficient (Wildman–Crippen LogP) is -0.275. The lowest BCUT2D eigenvalue weighted by Gasteiger charge is -2.28. The second-order valence-corrected chi connectivity index (χ2v) is 4.02. The maximum absolute atomic E-state index is 9.84. The molecule has 90 valence electrons. The minimum Gasteiger partial charge on any atom is -0.390 e. The highest BCUT2D eigenvalue weighted by Gasteiger charge is 2.14. The van der Waals surface area contributed by atoms with Crippen LogP contribution in [0.1, 0.15) is 0 Å². The standard InChI is InChI=1S/C11H19N3O2/c15-11(9-12-14-3-1-2-4-14)10-13-5-7-16-8-6-13/h1-4,11-12,15H,5-10H2. The van der Waals surface area contributed by atoms with E-state index in [-0.39, 0.29) is 6.10 Å². The van der Waals surface area contributed by atoms with Crippen LogP contribution in [0.15, 0.2) is 24.5 Å². The second kappa shape index (κ2) is 5.89. The molecule has 1 unspecified atom stereocenters. The number of β-amino-alcohol motifs (C(OH)–C–C–N with tert-alkyl or cyclic N) is 1. The highest BCUT2D eigenvalue weighted by atomic mass is 16.5. The number of aromatic nitrogens is 1. The molecule has 0 aromatic carbocycles. The third-order valence-electron chi connectivity index (χ3n) is 2.69. The molecule has 0 amide bonds. The first-order valence-corrected chi connectivity index (χ1v) is 5.69. The van der Waals surface area contributed by atoms with E-state index < -0.39 is 0 Å². The summed E-state index contributed by atoms with van der Waals surface area (Å²) >= 11 is 0. The summed E-state index contributed by atoms with van der Waals surface area (Å²) in [5, 5.41) is 9.84. The smallest absolute Gasteiger partial charge is 0.0855 e. The molecule has 1 aliphatic rings. The second-order valence-electron chi connectivity index (χ2n) is 4.02. The normalized spacial score (nSPS) is 19.6. The zero-order valence-corrected chi connectivity index (χ0v) is 9.38. The summed E-state index contributed by atoms with van der Waals surface area (Å²) in [5.41, 5.74) is 3.12.